The first-order valence-electron chi connectivity index (χ1n) is 13.0. The van der Waals surface area contributed by atoms with Crippen LogP contribution in [0.15, 0.2) is 36.9 Å². The molecular formula is C27H33FN8O2. The zero-order valence-corrected chi connectivity index (χ0v) is 21.9. The molecule has 5 rings (SSSR count). The van der Waals surface area contributed by atoms with Gasteiger partial charge in [-0.3, -0.25) is 4.68 Å². The van der Waals surface area contributed by atoms with Crippen LogP contribution >= 0.6 is 0 Å². The fourth-order valence-electron chi connectivity index (χ4n) is 4.77. The maximum absolute atomic E-state index is 14.4. The van der Waals surface area contributed by atoms with E-state index in [0.29, 0.717) is 24.7 Å². The van der Waals surface area contributed by atoms with Crippen molar-refractivity contribution in [2.45, 2.75) is 51.7 Å². The van der Waals surface area contributed by atoms with Crippen molar-refractivity contribution >= 4 is 22.7 Å². The summed E-state index contributed by atoms with van der Waals surface area (Å²) >= 11 is 0. The summed E-state index contributed by atoms with van der Waals surface area (Å²) in [4.78, 5) is 17.6. The highest BCUT2D eigenvalue weighted by Crippen LogP contribution is 2.36. The lowest BCUT2D eigenvalue weighted by Gasteiger charge is -2.29. The van der Waals surface area contributed by atoms with Crippen molar-refractivity contribution in [3.8, 4) is 17.1 Å². The molecule has 11 heteroatoms. The molecule has 2 N–H and O–H groups in total. The molecule has 0 atom stereocenters. The van der Waals surface area contributed by atoms with Crippen molar-refractivity contribution in [2.75, 3.05) is 37.4 Å². The molecule has 38 heavy (non-hydrogen) atoms. The predicted octanol–water partition coefficient (Wildman–Crippen LogP) is 4.78. The molecule has 0 spiro atoms. The van der Waals surface area contributed by atoms with Gasteiger partial charge in [0.05, 0.1) is 18.2 Å². The van der Waals surface area contributed by atoms with E-state index in [2.05, 4.69) is 35.3 Å². The minimum Gasteiger partial charge on any atom is -0.472 e. The maximum Gasteiger partial charge on any atom is 0.250 e. The highest BCUT2D eigenvalue weighted by molar-refractivity contribution is 5.93. The van der Waals surface area contributed by atoms with E-state index in [0.717, 1.165) is 60.2 Å². The van der Waals surface area contributed by atoms with Gasteiger partial charge in [-0.05, 0) is 51.2 Å². The van der Waals surface area contributed by atoms with Gasteiger partial charge >= 0.3 is 0 Å². The van der Waals surface area contributed by atoms with E-state index in [4.69, 9.17) is 14.6 Å². The molecule has 1 aliphatic carbocycles. The van der Waals surface area contributed by atoms with Gasteiger partial charge in [-0.25, -0.2) is 24.3 Å². The van der Waals surface area contributed by atoms with Crippen molar-refractivity contribution in [3.63, 3.8) is 0 Å². The monoisotopic (exact) mass is 520 g/mol. The number of hydrogen-bond acceptors (Lipinski definition) is 9. The smallest absolute Gasteiger partial charge is 0.250 e. The molecular weight excluding hydrogens is 487 g/mol. The molecule has 200 valence electrons. The lowest BCUT2D eigenvalue weighted by Crippen LogP contribution is -2.27. The van der Waals surface area contributed by atoms with E-state index in [1.165, 1.54) is 0 Å². The first-order valence-corrected chi connectivity index (χ1v) is 13.0. The molecule has 0 amide bonds. The summed E-state index contributed by atoms with van der Waals surface area (Å²) in [5, 5.41) is 12.4. The van der Waals surface area contributed by atoms with Crippen LogP contribution in [-0.4, -0.2) is 62.6 Å². The number of hydrogen-bond donors (Lipinski definition) is 2. The second-order valence-corrected chi connectivity index (χ2v) is 9.42. The van der Waals surface area contributed by atoms with E-state index in [1.807, 2.05) is 19.2 Å². The zero-order chi connectivity index (χ0) is 26.5. The highest BCUT2D eigenvalue weighted by atomic mass is 19.1. The van der Waals surface area contributed by atoms with Crippen molar-refractivity contribution in [3.05, 3.63) is 48.3 Å². The second kappa shape index (κ2) is 11.7. The largest absolute Gasteiger partial charge is 0.472 e. The summed E-state index contributed by atoms with van der Waals surface area (Å²) < 4.78 is 27.5. The maximum atomic E-state index is 14.4. The van der Waals surface area contributed by atoms with Gasteiger partial charge in [-0.15, -0.1) is 0 Å². The number of anilines is 2. The van der Waals surface area contributed by atoms with Crippen LogP contribution in [-0.2, 0) is 4.74 Å². The van der Waals surface area contributed by atoms with E-state index in [-0.39, 0.29) is 23.8 Å². The Morgan fingerprint density at radius 3 is 2.58 bits per heavy atom. The number of halogens is 1. The SMILES string of the molecule is CCNc1cc2c(cn1)c(-c1cnc(NCCOC)nc1)nn2C1CCC(Oc2nccc(C)c2F)CC1. The number of nitrogens with one attached hydrogen (secondary N) is 2. The summed E-state index contributed by atoms with van der Waals surface area (Å²) in [6.07, 6.45) is 10.2. The minimum absolute atomic E-state index is 0.0816. The molecule has 0 saturated heterocycles. The number of ether oxygens (including phenoxy) is 2. The summed E-state index contributed by atoms with van der Waals surface area (Å²) in [6, 6.07) is 3.87. The third kappa shape index (κ3) is 5.52. The zero-order valence-electron chi connectivity index (χ0n) is 21.9. The fourth-order valence-corrected chi connectivity index (χ4v) is 4.77. The van der Waals surface area contributed by atoms with Crippen molar-refractivity contribution < 1.29 is 13.9 Å². The van der Waals surface area contributed by atoms with Gasteiger partial charge in [0, 0.05) is 62.0 Å². The lowest BCUT2D eigenvalue weighted by atomic mass is 9.93. The van der Waals surface area contributed by atoms with E-state index in [1.54, 1.807) is 38.7 Å². The normalized spacial score (nSPS) is 17.5. The van der Waals surface area contributed by atoms with Gasteiger partial charge < -0.3 is 20.1 Å². The van der Waals surface area contributed by atoms with Gasteiger partial charge in [0.2, 0.25) is 5.95 Å². The Bertz CT molecular complexity index is 1370. The third-order valence-electron chi connectivity index (χ3n) is 6.78. The summed E-state index contributed by atoms with van der Waals surface area (Å²) in [5.41, 5.74) is 3.15. The molecule has 0 unspecified atom stereocenters. The number of rotatable bonds is 10. The number of aryl methyl sites for hydroxylation is 1. The lowest BCUT2D eigenvalue weighted by molar-refractivity contribution is 0.120. The van der Waals surface area contributed by atoms with Crippen LogP contribution in [0, 0.1) is 12.7 Å². The fraction of sp³-hybridized carbons (Fsp3) is 0.444. The average Bonchev–Trinajstić information content (AvgIpc) is 3.31. The Balaban J connectivity index is 1.38. The minimum atomic E-state index is -0.386. The van der Waals surface area contributed by atoms with Gasteiger partial charge in [0.15, 0.2) is 5.82 Å². The van der Waals surface area contributed by atoms with Crippen LogP contribution < -0.4 is 15.4 Å². The van der Waals surface area contributed by atoms with Crippen LogP contribution in [0.4, 0.5) is 16.2 Å². The van der Waals surface area contributed by atoms with Crippen molar-refractivity contribution in [2.24, 2.45) is 0 Å². The van der Waals surface area contributed by atoms with Crippen LogP contribution in [0.1, 0.15) is 44.2 Å². The quantitative estimate of drug-likeness (QED) is 0.285. The molecule has 0 aliphatic heterocycles. The van der Waals surface area contributed by atoms with Gasteiger partial charge in [0.1, 0.15) is 17.6 Å². The number of fused-ring (bicyclic) bond motifs is 1. The van der Waals surface area contributed by atoms with E-state index < -0.39 is 0 Å². The average molecular weight is 521 g/mol. The first-order chi connectivity index (χ1) is 18.6. The van der Waals surface area contributed by atoms with Crippen LogP contribution in [0.2, 0.25) is 0 Å². The summed E-state index contributed by atoms with van der Waals surface area (Å²) in [7, 11) is 1.66. The number of aromatic nitrogens is 6. The predicted molar refractivity (Wildman–Crippen MR) is 144 cm³/mol. The molecule has 4 heterocycles. The van der Waals surface area contributed by atoms with Crippen LogP contribution in [0.25, 0.3) is 22.2 Å². The molecule has 0 radical (unpaired) electrons. The summed E-state index contributed by atoms with van der Waals surface area (Å²) in [6.45, 7) is 5.74. The highest BCUT2D eigenvalue weighted by Gasteiger charge is 2.28. The second-order valence-electron chi connectivity index (χ2n) is 9.42. The van der Waals surface area contributed by atoms with Gasteiger partial charge in [-0.1, -0.05) is 0 Å². The van der Waals surface area contributed by atoms with Crippen molar-refractivity contribution in [1.82, 2.24) is 29.7 Å². The third-order valence-corrected chi connectivity index (χ3v) is 6.78. The first kappa shape index (κ1) is 25.8. The van der Waals surface area contributed by atoms with E-state index >= 15 is 0 Å². The molecule has 10 nitrogen and oxygen atoms in total. The molecule has 4 aromatic rings. The van der Waals surface area contributed by atoms with Crippen molar-refractivity contribution in [1.29, 1.82) is 0 Å². The molecule has 4 aromatic heterocycles. The number of pyridine rings is 2. The Hall–Kier alpha value is -3.86. The molecule has 0 bridgehead atoms. The van der Waals surface area contributed by atoms with Crippen LogP contribution in [0.3, 0.4) is 0 Å². The Morgan fingerprint density at radius 1 is 1.05 bits per heavy atom. The molecule has 1 saturated carbocycles. The Morgan fingerprint density at radius 2 is 1.84 bits per heavy atom. The van der Waals surface area contributed by atoms with Crippen LogP contribution in [0.5, 0.6) is 5.88 Å². The Labute approximate surface area is 221 Å². The standard InChI is InChI=1S/C27H33FN8O2/c1-4-29-23-13-22-21(16-32-23)25(18-14-33-27(34-15-18)31-11-12-37-3)35-36(22)19-5-7-20(8-6-19)38-26-24(28)17(2)9-10-30-26/h9-10,13-16,19-20H,4-8,11-12H2,1-3H3,(H,29,32)(H,31,33,34). The summed E-state index contributed by atoms with van der Waals surface area (Å²) in [5.74, 6) is 1.05. The van der Waals surface area contributed by atoms with Gasteiger partial charge in [0.25, 0.3) is 5.88 Å². The topological polar surface area (TPSA) is 112 Å². The number of methoxy groups -OCH3 is 1. The van der Waals surface area contributed by atoms with E-state index in [9.17, 15) is 4.39 Å². The Kier molecular flexibility index (Phi) is 7.92. The van der Waals surface area contributed by atoms with Gasteiger partial charge in [-0.2, -0.15) is 5.10 Å². The molecule has 1 fully saturated rings. The molecule has 1 aliphatic rings. The number of nitrogens with zero attached hydrogens (tertiary/aromatic N) is 6. The molecule has 0 aromatic carbocycles.